The minimum Gasteiger partial charge on any atom is -0.497 e. The maximum absolute atomic E-state index is 13.6. The Bertz CT molecular complexity index is 1010. The third-order valence-corrected chi connectivity index (χ3v) is 6.34. The van der Waals surface area contributed by atoms with E-state index in [1.165, 1.54) is 0 Å². The molecule has 8 nitrogen and oxygen atoms in total. The third-order valence-electron chi connectivity index (χ3n) is 6.34. The van der Waals surface area contributed by atoms with Gasteiger partial charge in [-0.1, -0.05) is 13.5 Å². The number of halogens is 2. The van der Waals surface area contributed by atoms with E-state index in [1.54, 1.807) is 49.6 Å². The van der Waals surface area contributed by atoms with Crippen molar-refractivity contribution >= 4 is 5.91 Å². The zero-order valence-electron chi connectivity index (χ0n) is 20.3. The SMILES string of the molecule is C.COc1ccc(OCCC(=O)N[C@H](CN2CCC(F)(F)CC2)[C@H](O)c2ccc3c(c2)OCCO3)cc1. The number of likely N-dealkylation sites (tertiary alicyclic amines) is 1. The highest BCUT2D eigenvalue weighted by Crippen LogP contribution is 2.34. The number of carbonyl (C=O) groups excluding carboxylic acids is 1. The number of benzene rings is 2. The predicted octanol–water partition coefficient (Wildman–Crippen LogP) is 3.82. The summed E-state index contributed by atoms with van der Waals surface area (Å²) in [5.74, 6) is -0.576. The molecule has 1 fully saturated rings. The number of carbonyl (C=O) groups is 1. The number of aliphatic hydroxyl groups is 1. The van der Waals surface area contributed by atoms with E-state index in [0.717, 1.165) is 0 Å². The highest BCUT2D eigenvalue weighted by molar-refractivity contribution is 5.76. The van der Waals surface area contributed by atoms with Gasteiger partial charge in [-0.15, -0.1) is 0 Å². The molecule has 204 valence electrons. The number of hydrogen-bond acceptors (Lipinski definition) is 7. The van der Waals surface area contributed by atoms with Crippen LogP contribution in [0.5, 0.6) is 23.0 Å². The van der Waals surface area contributed by atoms with Gasteiger partial charge in [-0.05, 0) is 42.0 Å². The van der Waals surface area contributed by atoms with E-state index in [4.69, 9.17) is 18.9 Å². The van der Waals surface area contributed by atoms with E-state index >= 15 is 0 Å². The molecule has 2 heterocycles. The van der Waals surface area contributed by atoms with Crippen LogP contribution in [0.2, 0.25) is 0 Å². The lowest BCUT2D eigenvalue weighted by Crippen LogP contribution is -2.50. The fourth-order valence-corrected chi connectivity index (χ4v) is 4.25. The van der Waals surface area contributed by atoms with E-state index in [2.05, 4.69) is 5.32 Å². The van der Waals surface area contributed by atoms with Crippen LogP contribution in [0.3, 0.4) is 0 Å². The molecular weight excluding hydrogens is 486 g/mol. The second kappa shape index (κ2) is 12.9. The summed E-state index contributed by atoms with van der Waals surface area (Å²) in [6.45, 7) is 1.61. The number of amides is 1. The average molecular weight is 523 g/mol. The standard InChI is InChI=1S/C26H32F2N2O6.CH4/c1-33-19-3-5-20(6-4-19)34-13-8-24(31)29-21(17-30-11-9-26(27,28)10-12-30)25(32)18-2-7-22-23(16-18)36-15-14-35-22;/h2-7,16,21,25,32H,8-15,17H2,1H3,(H,29,31);1H4/t21-,25-;/m1./s1. The normalized spacial score (nSPS) is 18.2. The highest BCUT2D eigenvalue weighted by atomic mass is 19.3. The molecular formula is C27H36F2N2O6. The van der Waals surface area contributed by atoms with Gasteiger partial charge in [0, 0.05) is 32.5 Å². The Morgan fingerprint density at radius 2 is 1.73 bits per heavy atom. The number of nitrogens with one attached hydrogen (secondary N) is 1. The Morgan fingerprint density at radius 1 is 1.08 bits per heavy atom. The lowest BCUT2D eigenvalue weighted by Gasteiger charge is -2.35. The number of methoxy groups -OCH3 is 1. The highest BCUT2D eigenvalue weighted by Gasteiger charge is 2.36. The molecule has 2 aliphatic rings. The number of ether oxygens (including phenoxy) is 4. The molecule has 0 radical (unpaired) electrons. The van der Waals surface area contributed by atoms with Crippen molar-refractivity contribution in [3.05, 3.63) is 48.0 Å². The topological polar surface area (TPSA) is 89.5 Å². The van der Waals surface area contributed by atoms with Crippen LogP contribution in [0.25, 0.3) is 0 Å². The van der Waals surface area contributed by atoms with Crippen LogP contribution < -0.4 is 24.3 Å². The lowest BCUT2D eigenvalue weighted by molar-refractivity contribution is -0.123. The second-order valence-electron chi connectivity index (χ2n) is 8.95. The van der Waals surface area contributed by atoms with Gasteiger partial charge in [0.1, 0.15) is 30.8 Å². The Balaban J connectivity index is 0.00000380. The maximum Gasteiger partial charge on any atom is 0.250 e. The summed E-state index contributed by atoms with van der Waals surface area (Å²) in [5.41, 5.74) is 0.543. The van der Waals surface area contributed by atoms with Crippen LogP contribution in [-0.2, 0) is 4.79 Å². The van der Waals surface area contributed by atoms with E-state index in [1.807, 2.05) is 4.90 Å². The Hall–Kier alpha value is -3.11. The van der Waals surface area contributed by atoms with E-state index < -0.39 is 18.1 Å². The number of nitrogens with zero attached hydrogens (tertiary/aromatic N) is 1. The lowest BCUT2D eigenvalue weighted by atomic mass is 9.99. The fourth-order valence-electron chi connectivity index (χ4n) is 4.25. The largest absolute Gasteiger partial charge is 0.497 e. The third kappa shape index (κ3) is 7.93. The first-order valence-corrected chi connectivity index (χ1v) is 12.1. The molecule has 0 spiro atoms. The van der Waals surface area contributed by atoms with Crippen molar-refractivity contribution in [2.24, 2.45) is 0 Å². The molecule has 4 rings (SSSR count). The Labute approximate surface area is 216 Å². The van der Waals surface area contributed by atoms with Gasteiger partial charge >= 0.3 is 0 Å². The van der Waals surface area contributed by atoms with Crippen LogP contribution in [0.1, 0.15) is 38.4 Å². The number of fused-ring (bicyclic) bond motifs is 1. The molecule has 10 heteroatoms. The van der Waals surface area contributed by atoms with Crippen molar-refractivity contribution in [1.29, 1.82) is 0 Å². The monoisotopic (exact) mass is 522 g/mol. The summed E-state index contributed by atoms with van der Waals surface area (Å²) in [6.07, 6.45) is -1.50. The molecule has 1 amide bonds. The summed E-state index contributed by atoms with van der Waals surface area (Å²) >= 11 is 0. The van der Waals surface area contributed by atoms with Crippen LogP contribution in [0.4, 0.5) is 8.78 Å². The summed E-state index contributed by atoms with van der Waals surface area (Å²) in [7, 11) is 1.57. The summed E-state index contributed by atoms with van der Waals surface area (Å²) < 4.78 is 49.2. The Morgan fingerprint density at radius 3 is 2.41 bits per heavy atom. The van der Waals surface area contributed by atoms with Gasteiger partial charge in [0.15, 0.2) is 11.5 Å². The molecule has 0 bridgehead atoms. The van der Waals surface area contributed by atoms with Crippen molar-refractivity contribution in [3.8, 4) is 23.0 Å². The number of rotatable bonds is 10. The van der Waals surface area contributed by atoms with Crippen LogP contribution in [0.15, 0.2) is 42.5 Å². The van der Waals surface area contributed by atoms with Gasteiger partial charge in [0.25, 0.3) is 5.92 Å². The first-order valence-electron chi connectivity index (χ1n) is 12.1. The number of hydrogen-bond donors (Lipinski definition) is 2. The van der Waals surface area contributed by atoms with E-state index in [0.29, 0.717) is 41.8 Å². The summed E-state index contributed by atoms with van der Waals surface area (Å²) in [4.78, 5) is 14.6. The molecule has 0 aromatic heterocycles. The molecule has 2 aromatic carbocycles. The Kier molecular flexibility index (Phi) is 9.93. The van der Waals surface area contributed by atoms with E-state index in [-0.39, 0.29) is 58.8 Å². The minimum absolute atomic E-state index is 0. The van der Waals surface area contributed by atoms with Crippen molar-refractivity contribution in [2.45, 2.75) is 44.8 Å². The zero-order valence-corrected chi connectivity index (χ0v) is 20.3. The van der Waals surface area contributed by atoms with Crippen LogP contribution in [0, 0.1) is 0 Å². The minimum atomic E-state index is -2.68. The van der Waals surface area contributed by atoms with Gasteiger partial charge < -0.3 is 34.3 Å². The quantitative estimate of drug-likeness (QED) is 0.490. The molecule has 2 aliphatic heterocycles. The number of aliphatic hydroxyl groups excluding tert-OH is 1. The molecule has 2 aromatic rings. The van der Waals surface area contributed by atoms with Crippen molar-refractivity contribution in [2.75, 3.05) is 46.6 Å². The maximum atomic E-state index is 13.6. The molecule has 1 saturated heterocycles. The smallest absolute Gasteiger partial charge is 0.250 e. The van der Waals surface area contributed by atoms with Gasteiger partial charge in [-0.3, -0.25) is 4.79 Å². The number of alkyl halides is 2. The predicted molar refractivity (Wildman–Crippen MR) is 135 cm³/mol. The van der Waals surface area contributed by atoms with Crippen molar-refractivity contribution in [3.63, 3.8) is 0 Å². The molecule has 2 N–H and O–H groups in total. The van der Waals surface area contributed by atoms with Crippen molar-refractivity contribution in [1.82, 2.24) is 10.2 Å². The molecule has 0 unspecified atom stereocenters. The van der Waals surface area contributed by atoms with E-state index in [9.17, 15) is 18.7 Å². The van der Waals surface area contributed by atoms with Crippen molar-refractivity contribution < 1.29 is 37.6 Å². The average Bonchev–Trinajstić information content (AvgIpc) is 2.89. The number of piperidine rings is 1. The first kappa shape index (κ1) is 28.5. The fraction of sp³-hybridized carbons (Fsp3) is 0.519. The van der Waals surface area contributed by atoms with Crippen LogP contribution >= 0.6 is 0 Å². The van der Waals surface area contributed by atoms with Gasteiger partial charge in [-0.2, -0.15) is 0 Å². The summed E-state index contributed by atoms with van der Waals surface area (Å²) in [5, 5.41) is 14.1. The van der Waals surface area contributed by atoms with Gasteiger partial charge in [-0.25, -0.2) is 8.78 Å². The molecule has 37 heavy (non-hydrogen) atoms. The first-order chi connectivity index (χ1) is 17.3. The second-order valence-corrected chi connectivity index (χ2v) is 8.95. The molecule has 0 saturated carbocycles. The molecule has 0 aliphatic carbocycles. The zero-order chi connectivity index (χ0) is 25.5. The molecule has 2 atom stereocenters. The van der Waals surface area contributed by atoms with Gasteiger partial charge in [0.2, 0.25) is 5.91 Å². The summed E-state index contributed by atoms with van der Waals surface area (Å²) in [6, 6.07) is 11.4. The van der Waals surface area contributed by atoms with Crippen LogP contribution in [-0.4, -0.2) is 74.4 Å². The van der Waals surface area contributed by atoms with Gasteiger partial charge in [0.05, 0.1) is 26.2 Å².